The van der Waals surface area contributed by atoms with Gasteiger partial charge in [-0.15, -0.1) is 0 Å². The Morgan fingerprint density at radius 1 is 1.33 bits per heavy atom. The lowest BCUT2D eigenvalue weighted by atomic mass is 10.1. The van der Waals surface area contributed by atoms with Crippen molar-refractivity contribution < 1.29 is 0 Å². The van der Waals surface area contributed by atoms with Crippen LogP contribution in [0.15, 0.2) is 33.8 Å². The highest BCUT2D eigenvalue weighted by molar-refractivity contribution is 9.10. The molecule has 5 heteroatoms. The van der Waals surface area contributed by atoms with Gasteiger partial charge in [0.25, 0.3) is 5.56 Å². The van der Waals surface area contributed by atoms with Gasteiger partial charge in [0.2, 0.25) is 0 Å². The minimum Gasteiger partial charge on any atom is -0.307 e. The molecule has 0 bridgehead atoms. The zero-order valence-electron chi connectivity index (χ0n) is 12.2. The fraction of sp³-hybridized carbons (Fsp3) is 0.312. The average molecular weight is 348 g/mol. The smallest absolute Gasteiger partial charge is 0.251 e. The van der Waals surface area contributed by atoms with E-state index in [9.17, 15) is 4.79 Å². The Kier molecular flexibility index (Phi) is 5.44. The second kappa shape index (κ2) is 7.31. The molecule has 0 saturated heterocycles. The van der Waals surface area contributed by atoms with Gasteiger partial charge < -0.3 is 4.98 Å². The number of H-pyrrole nitrogens is 1. The maximum absolute atomic E-state index is 11.8. The van der Waals surface area contributed by atoms with Crippen LogP contribution in [0.2, 0.25) is 0 Å². The van der Waals surface area contributed by atoms with E-state index in [4.69, 9.17) is 0 Å². The zero-order valence-corrected chi connectivity index (χ0v) is 13.8. The van der Waals surface area contributed by atoms with Crippen LogP contribution >= 0.6 is 15.9 Å². The normalized spacial score (nSPS) is 11.7. The van der Waals surface area contributed by atoms with E-state index in [2.05, 4.69) is 37.8 Å². The highest BCUT2D eigenvalue weighted by Crippen LogP contribution is 2.19. The number of pyridine rings is 1. The molecule has 0 aliphatic carbocycles. The molecule has 4 nitrogen and oxygen atoms in total. The minimum atomic E-state index is -0.102. The molecule has 0 spiro atoms. The lowest BCUT2D eigenvalue weighted by Gasteiger charge is -2.06. The highest BCUT2D eigenvalue weighted by Gasteiger charge is 2.06. The summed E-state index contributed by atoms with van der Waals surface area (Å²) in [7, 11) is 0. The first-order chi connectivity index (χ1) is 10.1. The largest absolute Gasteiger partial charge is 0.307 e. The number of aromatic amines is 1. The molecule has 1 N–H and O–H groups in total. The van der Waals surface area contributed by atoms with Crippen LogP contribution in [0.25, 0.3) is 11.6 Å². The van der Waals surface area contributed by atoms with Crippen LogP contribution in [0.3, 0.4) is 0 Å². The molecule has 2 aromatic heterocycles. The number of hydrogen-bond donors (Lipinski definition) is 1. The van der Waals surface area contributed by atoms with Crippen LogP contribution in [0, 0.1) is 0 Å². The maximum atomic E-state index is 11.8. The molecule has 0 aromatic carbocycles. The van der Waals surface area contributed by atoms with E-state index >= 15 is 0 Å². The molecule has 0 saturated carbocycles. The van der Waals surface area contributed by atoms with Gasteiger partial charge in [0.05, 0.1) is 0 Å². The van der Waals surface area contributed by atoms with Gasteiger partial charge in [-0.2, -0.15) is 0 Å². The summed E-state index contributed by atoms with van der Waals surface area (Å²) < 4.78 is 0.924. The van der Waals surface area contributed by atoms with Crippen molar-refractivity contribution in [2.24, 2.45) is 0 Å². The molecule has 21 heavy (non-hydrogen) atoms. The number of halogens is 1. The minimum absolute atomic E-state index is 0.102. The lowest BCUT2D eigenvalue weighted by molar-refractivity contribution is 0.857. The van der Waals surface area contributed by atoms with Gasteiger partial charge >= 0.3 is 0 Å². The van der Waals surface area contributed by atoms with Gasteiger partial charge in [0.1, 0.15) is 5.82 Å². The van der Waals surface area contributed by atoms with Gasteiger partial charge in [0.15, 0.2) is 0 Å². The lowest BCUT2D eigenvalue weighted by Crippen LogP contribution is -2.12. The Hall–Kier alpha value is -1.75. The molecule has 0 atom stereocenters. The van der Waals surface area contributed by atoms with Gasteiger partial charge in [-0.1, -0.05) is 20.3 Å². The summed E-state index contributed by atoms with van der Waals surface area (Å²) in [4.78, 5) is 23.3. The first-order valence-corrected chi connectivity index (χ1v) is 7.83. The van der Waals surface area contributed by atoms with Crippen LogP contribution in [0.1, 0.15) is 43.8 Å². The van der Waals surface area contributed by atoms with E-state index in [-0.39, 0.29) is 5.56 Å². The Morgan fingerprint density at radius 2 is 2.14 bits per heavy atom. The second-order valence-electron chi connectivity index (χ2n) is 4.79. The summed E-state index contributed by atoms with van der Waals surface area (Å²) in [5.74, 6) is 0.647. The van der Waals surface area contributed by atoms with Crippen LogP contribution in [0.5, 0.6) is 0 Å². The van der Waals surface area contributed by atoms with Crippen LogP contribution in [0.4, 0.5) is 0 Å². The fourth-order valence-corrected chi connectivity index (χ4v) is 2.47. The van der Waals surface area contributed by atoms with Crippen molar-refractivity contribution >= 4 is 27.6 Å². The molecule has 2 rings (SSSR count). The topological polar surface area (TPSA) is 58.6 Å². The number of nitrogens with zero attached hydrogens (tertiary/aromatic N) is 2. The first-order valence-electron chi connectivity index (χ1n) is 7.04. The van der Waals surface area contributed by atoms with E-state index in [1.165, 1.54) is 0 Å². The summed E-state index contributed by atoms with van der Waals surface area (Å²) in [6, 6.07) is 3.55. The monoisotopic (exact) mass is 347 g/mol. The number of aryl methyl sites for hydroxylation is 1. The third-order valence-corrected chi connectivity index (χ3v) is 3.49. The molecular formula is C16H18BrN3O. The molecule has 0 fully saturated rings. The molecule has 0 unspecified atom stereocenters. The molecule has 0 aliphatic heterocycles. The highest BCUT2D eigenvalue weighted by atomic mass is 79.9. The summed E-state index contributed by atoms with van der Waals surface area (Å²) in [5, 5.41) is 0. The summed E-state index contributed by atoms with van der Waals surface area (Å²) >= 11 is 3.41. The fourth-order valence-electron chi connectivity index (χ4n) is 2.09. The summed E-state index contributed by atoms with van der Waals surface area (Å²) in [6.07, 6.45) is 8.10. The van der Waals surface area contributed by atoms with Crippen molar-refractivity contribution in [2.75, 3.05) is 0 Å². The first kappa shape index (κ1) is 15.6. The van der Waals surface area contributed by atoms with E-state index in [0.29, 0.717) is 5.82 Å². The van der Waals surface area contributed by atoms with Crippen LogP contribution in [-0.2, 0) is 6.42 Å². The molecular weight excluding hydrogens is 330 g/mol. The van der Waals surface area contributed by atoms with E-state index in [1.807, 2.05) is 19.1 Å². The standard InChI is InChI=1S/C16H18BrN3O/c1-3-5-14-8-15(21)20-16(19-14)12(4-2)6-11-7-13(17)10-18-9-11/h6-10H,3-5H2,1-2H3,(H,19,20,21)/b12-6+. The number of allylic oxidation sites excluding steroid dienone is 1. The number of rotatable bonds is 5. The molecule has 2 aromatic rings. The second-order valence-corrected chi connectivity index (χ2v) is 5.71. The van der Waals surface area contributed by atoms with Crippen molar-refractivity contribution in [1.29, 1.82) is 0 Å². The third kappa shape index (κ3) is 4.36. The summed E-state index contributed by atoms with van der Waals surface area (Å²) in [5.41, 5.74) is 2.70. The van der Waals surface area contributed by atoms with E-state index < -0.39 is 0 Å². The van der Waals surface area contributed by atoms with Gasteiger partial charge in [0, 0.05) is 28.6 Å². The van der Waals surface area contributed by atoms with Gasteiger partial charge in [-0.05, 0) is 52.1 Å². The maximum Gasteiger partial charge on any atom is 0.251 e. The molecule has 0 amide bonds. The van der Waals surface area contributed by atoms with Crippen molar-refractivity contribution in [3.05, 3.63) is 56.4 Å². The molecule has 110 valence electrons. The zero-order chi connectivity index (χ0) is 15.2. The Bertz CT molecular complexity index is 707. The Morgan fingerprint density at radius 3 is 2.81 bits per heavy atom. The Balaban J connectivity index is 2.43. The molecule has 0 radical (unpaired) electrons. The number of aromatic nitrogens is 3. The van der Waals surface area contributed by atoms with Crippen LogP contribution in [-0.4, -0.2) is 15.0 Å². The summed E-state index contributed by atoms with van der Waals surface area (Å²) in [6.45, 7) is 4.12. The van der Waals surface area contributed by atoms with Crippen LogP contribution < -0.4 is 5.56 Å². The number of nitrogens with one attached hydrogen (secondary N) is 1. The SMILES string of the molecule is CCCc1cc(=O)[nH]c(/C(=C/c2cncc(Br)c2)CC)n1. The van der Waals surface area contributed by atoms with Crippen molar-refractivity contribution in [2.45, 2.75) is 33.1 Å². The van der Waals surface area contributed by atoms with Gasteiger partial charge in [-0.25, -0.2) is 4.98 Å². The van der Waals surface area contributed by atoms with Gasteiger partial charge in [-0.3, -0.25) is 9.78 Å². The predicted molar refractivity (Wildman–Crippen MR) is 89.0 cm³/mol. The predicted octanol–water partition coefficient (Wildman–Crippen LogP) is 3.83. The average Bonchev–Trinajstić information content (AvgIpc) is 2.44. The number of hydrogen-bond acceptors (Lipinski definition) is 3. The quantitative estimate of drug-likeness (QED) is 0.893. The van der Waals surface area contributed by atoms with E-state index in [0.717, 1.165) is 40.6 Å². The Labute approximate surface area is 132 Å². The molecule has 2 heterocycles. The van der Waals surface area contributed by atoms with E-state index in [1.54, 1.807) is 18.5 Å². The van der Waals surface area contributed by atoms with Crippen molar-refractivity contribution in [3.8, 4) is 0 Å². The van der Waals surface area contributed by atoms with Crippen molar-refractivity contribution in [3.63, 3.8) is 0 Å². The molecule has 0 aliphatic rings. The van der Waals surface area contributed by atoms with Crippen molar-refractivity contribution in [1.82, 2.24) is 15.0 Å². The third-order valence-electron chi connectivity index (χ3n) is 3.05.